The van der Waals surface area contributed by atoms with Gasteiger partial charge in [-0.15, -0.1) is 0 Å². The van der Waals surface area contributed by atoms with Crippen molar-refractivity contribution in [2.24, 2.45) is 0 Å². The van der Waals surface area contributed by atoms with Gasteiger partial charge in [-0.25, -0.2) is 0 Å². The van der Waals surface area contributed by atoms with E-state index in [-0.39, 0.29) is 12.2 Å². The van der Waals surface area contributed by atoms with Gasteiger partial charge in [0.25, 0.3) is 0 Å². The van der Waals surface area contributed by atoms with E-state index in [4.69, 9.17) is 0 Å². The summed E-state index contributed by atoms with van der Waals surface area (Å²) >= 11 is 0. The minimum Gasteiger partial charge on any atom is -0.366 e. The third-order valence-corrected chi connectivity index (χ3v) is 3.97. The van der Waals surface area contributed by atoms with Crippen molar-refractivity contribution in [1.29, 1.82) is 0 Å². The van der Waals surface area contributed by atoms with Crippen LogP contribution in [0.5, 0.6) is 0 Å². The third-order valence-electron chi connectivity index (χ3n) is 3.97. The van der Waals surface area contributed by atoms with Crippen molar-refractivity contribution in [3.05, 3.63) is 115 Å². The van der Waals surface area contributed by atoms with Gasteiger partial charge in [0, 0.05) is 5.70 Å². The first kappa shape index (κ1) is 18.5. The molecule has 0 bridgehead atoms. The first-order valence-electron chi connectivity index (χ1n) is 8.43. The molecule has 2 heteroatoms. The SMILES string of the molecule is C=C/C=C(\C=C)C1C=C(c2ccccc2)NC(C(/C=C\C)=C/C=C)N1. The lowest BCUT2D eigenvalue weighted by atomic mass is 9.98. The Morgan fingerprint density at radius 2 is 1.68 bits per heavy atom. The fourth-order valence-electron chi connectivity index (χ4n) is 2.82. The number of hydrogen-bond donors (Lipinski definition) is 2. The van der Waals surface area contributed by atoms with Crippen molar-refractivity contribution in [3.8, 4) is 0 Å². The zero-order chi connectivity index (χ0) is 18.1. The van der Waals surface area contributed by atoms with Crippen LogP contribution >= 0.6 is 0 Å². The summed E-state index contributed by atoms with van der Waals surface area (Å²) in [4.78, 5) is 0. The fraction of sp³-hybridized carbons (Fsp3) is 0.130. The highest BCUT2D eigenvalue weighted by molar-refractivity contribution is 5.67. The highest BCUT2D eigenvalue weighted by Gasteiger charge is 2.24. The zero-order valence-corrected chi connectivity index (χ0v) is 14.8. The molecule has 2 N–H and O–H groups in total. The predicted molar refractivity (Wildman–Crippen MR) is 110 cm³/mol. The summed E-state index contributed by atoms with van der Waals surface area (Å²) in [7, 11) is 0. The van der Waals surface area contributed by atoms with E-state index in [2.05, 4.69) is 54.7 Å². The van der Waals surface area contributed by atoms with Gasteiger partial charge in [-0.2, -0.15) is 0 Å². The molecule has 2 nitrogen and oxygen atoms in total. The van der Waals surface area contributed by atoms with Gasteiger partial charge in [0.2, 0.25) is 0 Å². The van der Waals surface area contributed by atoms with Crippen LogP contribution in [0.2, 0.25) is 0 Å². The van der Waals surface area contributed by atoms with Crippen LogP contribution in [0.15, 0.2) is 110 Å². The van der Waals surface area contributed by atoms with E-state index in [0.29, 0.717) is 0 Å². The molecule has 0 saturated carbocycles. The molecule has 0 fully saturated rings. The van der Waals surface area contributed by atoms with Gasteiger partial charge in [-0.3, -0.25) is 5.32 Å². The Hall–Kier alpha value is -2.84. The maximum absolute atomic E-state index is 3.94. The molecular weight excluding hydrogens is 304 g/mol. The lowest BCUT2D eigenvalue weighted by molar-refractivity contribution is 0.504. The molecule has 0 amide bonds. The van der Waals surface area contributed by atoms with E-state index in [1.54, 1.807) is 6.08 Å². The van der Waals surface area contributed by atoms with Gasteiger partial charge in [0.15, 0.2) is 0 Å². The minimum absolute atomic E-state index is 0.0347. The third kappa shape index (κ3) is 4.82. The number of allylic oxidation sites excluding steroid dienone is 5. The van der Waals surface area contributed by atoms with E-state index in [0.717, 1.165) is 22.4 Å². The Morgan fingerprint density at radius 3 is 2.28 bits per heavy atom. The molecule has 1 aliphatic rings. The van der Waals surface area contributed by atoms with E-state index in [1.165, 1.54) is 0 Å². The average molecular weight is 330 g/mol. The maximum atomic E-state index is 3.94. The second kappa shape index (κ2) is 9.45. The van der Waals surface area contributed by atoms with Crippen molar-refractivity contribution in [2.45, 2.75) is 19.1 Å². The highest BCUT2D eigenvalue weighted by Crippen LogP contribution is 2.22. The number of hydrogen-bond acceptors (Lipinski definition) is 2. The van der Waals surface area contributed by atoms with Crippen molar-refractivity contribution < 1.29 is 0 Å². The number of nitrogens with one attached hydrogen (secondary N) is 2. The smallest absolute Gasteiger partial charge is 0.104 e. The molecule has 1 heterocycles. The molecule has 2 unspecified atom stereocenters. The lowest BCUT2D eigenvalue weighted by Gasteiger charge is -2.34. The Labute approximate surface area is 151 Å². The quantitative estimate of drug-likeness (QED) is 0.695. The normalized spacial score (nSPS) is 21.4. The number of rotatable bonds is 7. The van der Waals surface area contributed by atoms with Crippen LogP contribution in [-0.4, -0.2) is 12.2 Å². The molecular formula is C23H26N2. The summed E-state index contributed by atoms with van der Waals surface area (Å²) in [5, 5.41) is 7.20. The van der Waals surface area contributed by atoms with Crippen LogP contribution in [0.1, 0.15) is 12.5 Å². The second-order valence-corrected chi connectivity index (χ2v) is 5.68. The first-order valence-corrected chi connectivity index (χ1v) is 8.43. The largest absolute Gasteiger partial charge is 0.366 e. The fourth-order valence-corrected chi connectivity index (χ4v) is 2.82. The molecule has 25 heavy (non-hydrogen) atoms. The monoisotopic (exact) mass is 330 g/mol. The molecule has 0 aliphatic carbocycles. The summed E-state index contributed by atoms with van der Waals surface area (Å²) in [6.07, 6.45) is 15.7. The zero-order valence-electron chi connectivity index (χ0n) is 14.8. The van der Waals surface area contributed by atoms with Gasteiger partial charge in [0.05, 0.1) is 6.04 Å². The van der Waals surface area contributed by atoms with E-state index in [1.807, 2.05) is 55.5 Å². The van der Waals surface area contributed by atoms with Crippen LogP contribution in [0, 0.1) is 0 Å². The Bertz CT molecular complexity index is 733. The summed E-state index contributed by atoms with van der Waals surface area (Å²) in [5.41, 5.74) is 4.43. The topological polar surface area (TPSA) is 24.1 Å². The molecule has 0 aromatic heterocycles. The molecule has 128 valence electrons. The molecule has 2 rings (SSSR count). The van der Waals surface area contributed by atoms with E-state index >= 15 is 0 Å². The molecule has 2 atom stereocenters. The maximum Gasteiger partial charge on any atom is 0.104 e. The van der Waals surface area contributed by atoms with Crippen LogP contribution in [0.25, 0.3) is 5.70 Å². The molecule has 0 spiro atoms. The summed E-state index contributed by atoms with van der Waals surface area (Å²) in [6, 6.07) is 10.4. The molecule has 0 saturated heterocycles. The van der Waals surface area contributed by atoms with Gasteiger partial charge in [-0.1, -0.05) is 92.6 Å². The Balaban J connectivity index is 2.47. The van der Waals surface area contributed by atoms with E-state index < -0.39 is 0 Å². The van der Waals surface area contributed by atoms with Gasteiger partial charge in [0.1, 0.15) is 6.17 Å². The van der Waals surface area contributed by atoms with Crippen LogP contribution in [-0.2, 0) is 0 Å². The Kier molecular flexibility index (Phi) is 7.00. The molecule has 1 aromatic carbocycles. The number of benzene rings is 1. The minimum atomic E-state index is -0.0347. The van der Waals surface area contributed by atoms with Crippen LogP contribution in [0.4, 0.5) is 0 Å². The van der Waals surface area contributed by atoms with Gasteiger partial charge in [-0.05, 0) is 29.7 Å². The van der Waals surface area contributed by atoms with Gasteiger partial charge < -0.3 is 5.32 Å². The second-order valence-electron chi connectivity index (χ2n) is 5.68. The van der Waals surface area contributed by atoms with Crippen molar-refractivity contribution >= 4 is 5.70 Å². The van der Waals surface area contributed by atoms with Crippen LogP contribution < -0.4 is 10.6 Å². The average Bonchev–Trinajstić information content (AvgIpc) is 2.66. The molecule has 1 aliphatic heterocycles. The highest BCUT2D eigenvalue weighted by atomic mass is 15.2. The summed E-state index contributed by atoms with van der Waals surface area (Å²) in [5.74, 6) is 0. The predicted octanol–water partition coefficient (Wildman–Crippen LogP) is 4.90. The van der Waals surface area contributed by atoms with E-state index in [9.17, 15) is 0 Å². The van der Waals surface area contributed by atoms with Crippen molar-refractivity contribution in [2.75, 3.05) is 0 Å². The summed E-state index contributed by atoms with van der Waals surface area (Å²) < 4.78 is 0. The first-order chi connectivity index (χ1) is 12.2. The van der Waals surface area contributed by atoms with Crippen molar-refractivity contribution in [3.63, 3.8) is 0 Å². The van der Waals surface area contributed by atoms with Crippen molar-refractivity contribution in [1.82, 2.24) is 10.6 Å². The summed E-state index contributed by atoms with van der Waals surface area (Å²) in [6.45, 7) is 13.6. The lowest BCUT2D eigenvalue weighted by Crippen LogP contribution is -2.51. The standard InChI is InChI=1S/C23H26N2/c1-5-12-18(8-4)21-17-22(19-15-10-9-11-16-19)25-23(24-21)20(13-6-2)14-7-3/h5-17,21,23-25H,1-2,4H2,3H3/b14-7-,18-12+,20-13+. The Morgan fingerprint density at radius 1 is 1.00 bits per heavy atom. The molecule has 0 radical (unpaired) electrons. The van der Waals surface area contributed by atoms with Crippen LogP contribution in [0.3, 0.4) is 0 Å². The van der Waals surface area contributed by atoms with Gasteiger partial charge >= 0.3 is 0 Å². The molecule has 1 aromatic rings.